The van der Waals surface area contributed by atoms with Gasteiger partial charge in [0.05, 0.1) is 4.48 Å². The number of hydrogen-bond acceptors (Lipinski definition) is 1. The summed E-state index contributed by atoms with van der Waals surface area (Å²) in [5.74, 6) is -0.0764. The van der Waals surface area contributed by atoms with Crippen molar-refractivity contribution in [3.63, 3.8) is 0 Å². The first-order valence-corrected chi connectivity index (χ1v) is 2.99. The van der Waals surface area contributed by atoms with Crippen molar-refractivity contribution in [2.24, 2.45) is 0 Å². The van der Waals surface area contributed by atoms with Gasteiger partial charge in [-0.2, -0.15) is 0 Å². The van der Waals surface area contributed by atoms with Crippen LogP contribution in [-0.4, -0.2) is 5.78 Å². The Morgan fingerprint density at radius 1 is 1.75 bits per heavy atom. The summed E-state index contributed by atoms with van der Waals surface area (Å²) >= 11 is 2.95. The molecule has 0 aromatic heterocycles. The second kappa shape index (κ2) is 3.61. The van der Waals surface area contributed by atoms with E-state index in [-0.39, 0.29) is 5.78 Å². The average Bonchev–Trinajstić information content (AvgIpc) is 1.67. The minimum absolute atomic E-state index is 0.0764. The third-order valence-electron chi connectivity index (χ3n) is 0.585. The molecule has 0 bridgehead atoms. The van der Waals surface area contributed by atoms with Crippen molar-refractivity contribution >= 4 is 21.7 Å². The van der Waals surface area contributed by atoms with E-state index in [4.69, 9.17) is 0 Å². The van der Waals surface area contributed by atoms with Crippen molar-refractivity contribution < 1.29 is 4.79 Å². The van der Waals surface area contributed by atoms with Gasteiger partial charge in [-0.25, -0.2) is 0 Å². The zero-order valence-corrected chi connectivity index (χ0v) is 6.23. The Hall–Kier alpha value is -0.370. The van der Waals surface area contributed by atoms with Crippen molar-refractivity contribution in [2.45, 2.75) is 6.92 Å². The van der Waals surface area contributed by atoms with Gasteiger partial charge in [-0.15, -0.1) is 0 Å². The maximum absolute atomic E-state index is 10.5. The van der Waals surface area contributed by atoms with Gasteiger partial charge >= 0.3 is 0 Å². The van der Waals surface area contributed by atoms with E-state index in [9.17, 15) is 4.79 Å². The summed E-state index contributed by atoms with van der Waals surface area (Å²) in [4.78, 5) is 10.5. The molecule has 0 N–H and O–H groups in total. The number of hydrogen-bond donors (Lipinski definition) is 0. The van der Waals surface area contributed by atoms with Crippen LogP contribution in [0.2, 0.25) is 0 Å². The molecule has 8 heavy (non-hydrogen) atoms. The van der Waals surface area contributed by atoms with Crippen molar-refractivity contribution in [3.05, 3.63) is 23.2 Å². The number of carbonyl (C=O) groups is 1. The highest BCUT2D eigenvalue weighted by Gasteiger charge is 1.93. The van der Waals surface area contributed by atoms with Gasteiger partial charge in [-0.1, -0.05) is 12.7 Å². The molecule has 0 amide bonds. The second-order valence-corrected chi connectivity index (χ2v) is 2.23. The molecule has 0 aliphatic carbocycles. The molecule has 0 aromatic carbocycles. The van der Waals surface area contributed by atoms with Gasteiger partial charge in [0.15, 0.2) is 5.78 Å². The Labute approximate surface area is 57.2 Å². The van der Waals surface area contributed by atoms with E-state index in [0.29, 0.717) is 4.48 Å². The van der Waals surface area contributed by atoms with E-state index in [0.717, 1.165) is 0 Å². The highest BCUT2D eigenvalue weighted by molar-refractivity contribution is 9.12. The molecule has 0 rings (SSSR count). The standard InChI is InChI=1S/C6H7BrO/c1-3-4-6(8)5(2)7/h3-4H,2H2,1H3/b4-3-. The van der Waals surface area contributed by atoms with Crippen LogP contribution in [0.25, 0.3) is 0 Å². The van der Waals surface area contributed by atoms with E-state index in [2.05, 4.69) is 22.5 Å². The molecule has 0 aliphatic heterocycles. The first-order chi connectivity index (χ1) is 3.68. The third-order valence-corrected chi connectivity index (χ3v) is 0.976. The fourth-order valence-electron chi connectivity index (χ4n) is 0.242. The smallest absolute Gasteiger partial charge is 0.191 e. The fourth-order valence-corrected chi connectivity index (χ4v) is 0.374. The lowest BCUT2D eigenvalue weighted by atomic mass is 10.3. The van der Waals surface area contributed by atoms with Crippen LogP contribution in [0.5, 0.6) is 0 Å². The number of ketones is 1. The lowest BCUT2D eigenvalue weighted by Gasteiger charge is -1.82. The summed E-state index contributed by atoms with van der Waals surface area (Å²) in [5, 5.41) is 0. The van der Waals surface area contributed by atoms with Crippen LogP contribution in [0.1, 0.15) is 6.92 Å². The molecule has 0 fully saturated rings. The monoisotopic (exact) mass is 174 g/mol. The van der Waals surface area contributed by atoms with Gasteiger partial charge in [-0.05, 0) is 28.9 Å². The summed E-state index contributed by atoms with van der Waals surface area (Å²) in [6, 6.07) is 0. The summed E-state index contributed by atoms with van der Waals surface area (Å²) < 4.78 is 0.399. The predicted octanol–water partition coefficient (Wildman–Crippen LogP) is 2.04. The lowest BCUT2D eigenvalue weighted by molar-refractivity contribution is -0.110. The summed E-state index contributed by atoms with van der Waals surface area (Å²) in [7, 11) is 0. The third kappa shape index (κ3) is 2.75. The lowest BCUT2D eigenvalue weighted by Crippen LogP contribution is -1.87. The van der Waals surface area contributed by atoms with Crippen molar-refractivity contribution in [2.75, 3.05) is 0 Å². The molecule has 0 radical (unpaired) electrons. The molecular weight excluding hydrogens is 168 g/mol. The first kappa shape index (κ1) is 7.63. The molecule has 0 spiro atoms. The van der Waals surface area contributed by atoms with Crippen LogP contribution in [0.4, 0.5) is 0 Å². The molecule has 0 saturated heterocycles. The van der Waals surface area contributed by atoms with Crippen LogP contribution in [0.3, 0.4) is 0 Å². The van der Waals surface area contributed by atoms with E-state index < -0.39 is 0 Å². The highest BCUT2D eigenvalue weighted by Crippen LogP contribution is 2.01. The maximum atomic E-state index is 10.5. The van der Waals surface area contributed by atoms with Gasteiger partial charge < -0.3 is 0 Å². The Bertz CT molecular complexity index is 135. The average molecular weight is 175 g/mol. The molecule has 1 nitrogen and oxygen atoms in total. The Morgan fingerprint density at radius 2 is 2.25 bits per heavy atom. The summed E-state index contributed by atoms with van der Waals surface area (Å²) in [5.41, 5.74) is 0. The fraction of sp³-hybridized carbons (Fsp3) is 0.167. The number of halogens is 1. The van der Waals surface area contributed by atoms with Crippen molar-refractivity contribution in [3.8, 4) is 0 Å². The van der Waals surface area contributed by atoms with Gasteiger partial charge in [-0.3, -0.25) is 4.79 Å². The molecule has 0 aliphatic rings. The highest BCUT2D eigenvalue weighted by atomic mass is 79.9. The SMILES string of the molecule is C=C(Br)C(=O)/C=C\C. The second-order valence-electron chi connectivity index (χ2n) is 1.27. The number of allylic oxidation sites excluding steroid dienone is 3. The number of rotatable bonds is 2. The molecule has 0 atom stereocenters. The summed E-state index contributed by atoms with van der Waals surface area (Å²) in [6.07, 6.45) is 3.13. The van der Waals surface area contributed by atoms with Crippen LogP contribution in [0, 0.1) is 0 Å². The summed E-state index contributed by atoms with van der Waals surface area (Å²) in [6.45, 7) is 5.18. The Kier molecular flexibility index (Phi) is 3.44. The van der Waals surface area contributed by atoms with Crippen LogP contribution in [0.15, 0.2) is 23.2 Å². The molecule has 44 valence electrons. The predicted molar refractivity (Wildman–Crippen MR) is 37.9 cm³/mol. The zero-order valence-electron chi connectivity index (χ0n) is 4.65. The van der Waals surface area contributed by atoms with Gasteiger partial charge in [0.2, 0.25) is 0 Å². The zero-order chi connectivity index (χ0) is 6.57. The molecule has 0 saturated carbocycles. The van der Waals surface area contributed by atoms with Gasteiger partial charge in [0.25, 0.3) is 0 Å². The van der Waals surface area contributed by atoms with Crippen LogP contribution < -0.4 is 0 Å². The Morgan fingerprint density at radius 3 is 2.38 bits per heavy atom. The van der Waals surface area contributed by atoms with E-state index in [1.54, 1.807) is 13.0 Å². The minimum atomic E-state index is -0.0764. The van der Waals surface area contributed by atoms with Gasteiger partial charge in [0.1, 0.15) is 0 Å². The normalized spacial score (nSPS) is 9.75. The van der Waals surface area contributed by atoms with Crippen molar-refractivity contribution in [1.29, 1.82) is 0 Å². The quantitative estimate of drug-likeness (QED) is 0.587. The topological polar surface area (TPSA) is 17.1 Å². The van der Waals surface area contributed by atoms with Crippen molar-refractivity contribution in [1.82, 2.24) is 0 Å². The van der Waals surface area contributed by atoms with Crippen LogP contribution in [-0.2, 0) is 4.79 Å². The first-order valence-electron chi connectivity index (χ1n) is 2.20. The minimum Gasteiger partial charge on any atom is -0.289 e. The maximum Gasteiger partial charge on any atom is 0.191 e. The number of carbonyl (C=O) groups excluding carboxylic acids is 1. The largest absolute Gasteiger partial charge is 0.289 e. The molecular formula is C6H7BrO. The van der Waals surface area contributed by atoms with Crippen LogP contribution >= 0.6 is 15.9 Å². The molecule has 0 unspecified atom stereocenters. The van der Waals surface area contributed by atoms with Gasteiger partial charge in [0, 0.05) is 0 Å². The Balaban J connectivity index is 3.85. The van der Waals surface area contributed by atoms with E-state index >= 15 is 0 Å². The molecule has 0 aromatic rings. The van der Waals surface area contributed by atoms with E-state index in [1.165, 1.54) is 6.08 Å². The molecule has 0 heterocycles. The van der Waals surface area contributed by atoms with E-state index in [1.807, 2.05) is 0 Å². The molecule has 2 heteroatoms.